The van der Waals surface area contributed by atoms with Gasteiger partial charge in [-0.2, -0.15) is 11.8 Å². The highest BCUT2D eigenvalue weighted by Gasteiger charge is 2.40. The minimum atomic E-state index is -0.205. The van der Waals surface area contributed by atoms with E-state index in [1.807, 2.05) is 24.8 Å². The molecule has 0 saturated carbocycles. The lowest BCUT2D eigenvalue weighted by atomic mass is 9.95. The maximum absolute atomic E-state index is 13.8. The zero-order chi connectivity index (χ0) is 18.2. The molecule has 5 nitrogen and oxygen atoms in total. The van der Waals surface area contributed by atoms with Gasteiger partial charge < -0.3 is 15.4 Å². The number of benzene rings is 1. The molecule has 0 spiro atoms. The van der Waals surface area contributed by atoms with E-state index in [0.29, 0.717) is 12.1 Å². The molecule has 1 atom stereocenters. The number of hydrogen-bond donors (Lipinski definition) is 2. The van der Waals surface area contributed by atoms with Gasteiger partial charge in [-0.3, -0.25) is 4.90 Å². The minimum Gasteiger partial charge on any atom is -0.379 e. The van der Waals surface area contributed by atoms with E-state index >= 15 is 0 Å². The first-order chi connectivity index (χ1) is 12.7. The summed E-state index contributed by atoms with van der Waals surface area (Å²) in [6, 6.07) is 6.81. The topological polar surface area (TPSA) is 48.9 Å². The molecular weight excluding hydrogens is 478 g/mol. The van der Waals surface area contributed by atoms with E-state index in [2.05, 4.69) is 20.5 Å². The molecule has 152 valence electrons. The Kier molecular flexibility index (Phi) is 9.61. The smallest absolute Gasteiger partial charge is 0.191 e. The number of nitrogens with zero attached hydrogens (tertiary/aromatic N) is 2. The van der Waals surface area contributed by atoms with Crippen molar-refractivity contribution in [1.29, 1.82) is 0 Å². The van der Waals surface area contributed by atoms with Crippen LogP contribution in [0.15, 0.2) is 29.3 Å². The van der Waals surface area contributed by atoms with Gasteiger partial charge in [0.25, 0.3) is 0 Å². The zero-order valence-corrected chi connectivity index (χ0v) is 19.0. The summed E-state index contributed by atoms with van der Waals surface area (Å²) in [5, 5.41) is 6.79. The van der Waals surface area contributed by atoms with E-state index in [-0.39, 0.29) is 35.3 Å². The Morgan fingerprint density at radius 3 is 2.74 bits per heavy atom. The highest BCUT2D eigenvalue weighted by molar-refractivity contribution is 14.0. The second kappa shape index (κ2) is 11.4. The zero-order valence-electron chi connectivity index (χ0n) is 15.9. The monoisotopic (exact) mass is 508 g/mol. The molecular formula is C19H30FIN4OS. The number of aliphatic imine (C=N–C) groups is 1. The first kappa shape index (κ1) is 22.7. The van der Waals surface area contributed by atoms with Crippen molar-refractivity contribution in [3.63, 3.8) is 0 Å². The molecule has 2 aliphatic rings. The van der Waals surface area contributed by atoms with Crippen LogP contribution in [0, 0.1) is 5.82 Å². The van der Waals surface area contributed by atoms with Crippen LogP contribution < -0.4 is 10.6 Å². The second-order valence-corrected chi connectivity index (χ2v) is 7.87. The number of morpholine rings is 1. The summed E-state index contributed by atoms with van der Waals surface area (Å²) in [6.45, 7) is 7.62. The molecule has 1 aromatic carbocycles. The van der Waals surface area contributed by atoms with Crippen molar-refractivity contribution in [1.82, 2.24) is 15.5 Å². The fraction of sp³-hybridized carbons (Fsp3) is 0.632. The molecule has 3 rings (SSSR count). The highest BCUT2D eigenvalue weighted by atomic mass is 127. The highest BCUT2D eigenvalue weighted by Crippen LogP contribution is 2.33. The van der Waals surface area contributed by atoms with Crippen molar-refractivity contribution < 1.29 is 9.13 Å². The first-order valence-corrected chi connectivity index (χ1v) is 10.6. The largest absolute Gasteiger partial charge is 0.379 e. The fourth-order valence-electron chi connectivity index (χ4n) is 3.52. The fourth-order valence-corrected chi connectivity index (χ4v) is 4.99. The summed E-state index contributed by atoms with van der Waals surface area (Å²) in [5.74, 6) is 2.87. The SMILES string of the molecule is CCNC(=NCc1ccccc1F)NCC1(N2CCOCC2)CCSC1.I. The maximum Gasteiger partial charge on any atom is 0.191 e. The van der Waals surface area contributed by atoms with E-state index in [4.69, 9.17) is 4.74 Å². The van der Waals surface area contributed by atoms with Crippen LogP contribution in [0.2, 0.25) is 0 Å². The molecule has 2 N–H and O–H groups in total. The summed E-state index contributed by atoms with van der Waals surface area (Å²) in [7, 11) is 0. The molecule has 0 bridgehead atoms. The number of thioether (sulfide) groups is 1. The average Bonchev–Trinajstić information content (AvgIpc) is 3.16. The molecule has 2 saturated heterocycles. The van der Waals surface area contributed by atoms with Crippen LogP contribution in [-0.4, -0.2) is 67.3 Å². The predicted molar refractivity (Wildman–Crippen MR) is 122 cm³/mol. The summed E-state index contributed by atoms with van der Waals surface area (Å²) in [4.78, 5) is 7.16. The van der Waals surface area contributed by atoms with Gasteiger partial charge in [0.05, 0.1) is 19.8 Å². The molecule has 2 heterocycles. The third-order valence-corrected chi connectivity index (χ3v) is 6.29. The molecule has 8 heteroatoms. The van der Waals surface area contributed by atoms with Gasteiger partial charge in [0.1, 0.15) is 5.82 Å². The van der Waals surface area contributed by atoms with Crippen LogP contribution in [0.1, 0.15) is 18.9 Å². The van der Waals surface area contributed by atoms with Crippen LogP contribution in [-0.2, 0) is 11.3 Å². The minimum absolute atomic E-state index is 0. The van der Waals surface area contributed by atoms with Crippen molar-refractivity contribution in [3.05, 3.63) is 35.6 Å². The Morgan fingerprint density at radius 1 is 1.30 bits per heavy atom. The molecule has 27 heavy (non-hydrogen) atoms. The van der Waals surface area contributed by atoms with E-state index < -0.39 is 0 Å². The summed E-state index contributed by atoms with van der Waals surface area (Å²) >= 11 is 2.02. The van der Waals surface area contributed by atoms with Crippen LogP contribution in [0.3, 0.4) is 0 Å². The van der Waals surface area contributed by atoms with Crippen LogP contribution in [0.5, 0.6) is 0 Å². The summed E-state index contributed by atoms with van der Waals surface area (Å²) in [5.41, 5.74) is 0.770. The number of rotatable bonds is 6. The van der Waals surface area contributed by atoms with Crippen molar-refractivity contribution >= 4 is 41.7 Å². The van der Waals surface area contributed by atoms with Crippen LogP contribution >= 0.6 is 35.7 Å². The van der Waals surface area contributed by atoms with Gasteiger partial charge >= 0.3 is 0 Å². The molecule has 0 aromatic heterocycles. The van der Waals surface area contributed by atoms with Gasteiger partial charge in [-0.15, -0.1) is 24.0 Å². The van der Waals surface area contributed by atoms with Crippen molar-refractivity contribution in [2.45, 2.75) is 25.4 Å². The molecule has 1 unspecified atom stereocenters. The Balaban J connectivity index is 0.00000261. The molecule has 0 aliphatic carbocycles. The lowest BCUT2D eigenvalue weighted by Gasteiger charge is -2.43. The second-order valence-electron chi connectivity index (χ2n) is 6.77. The Labute approximate surface area is 182 Å². The lowest BCUT2D eigenvalue weighted by Crippen LogP contribution is -2.60. The van der Waals surface area contributed by atoms with Crippen molar-refractivity contribution in [2.24, 2.45) is 4.99 Å². The molecule has 2 aliphatic heterocycles. The van der Waals surface area contributed by atoms with E-state index in [1.54, 1.807) is 12.1 Å². The Morgan fingerprint density at radius 2 is 2.07 bits per heavy atom. The summed E-state index contributed by atoms with van der Waals surface area (Å²) in [6.07, 6.45) is 1.18. The number of guanidine groups is 1. The molecule has 0 radical (unpaired) electrons. The van der Waals surface area contributed by atoms with Gasteiger partial charge in [-0.1, -0.05) is 18.2 Å². The van der Waals surface area contributed by atoms with E-state index in [9.17, 15) is 4.39 Å². The van der Waals surface area contributed by atoms with Crippen molar-refractivity contribution in [3.8, 4) is 0 Å². The maximum atomic E-state index is 13.8. The Bertz CT molecular complexity index is 607. The van der Waals surface area contributed by atoms with Gasteiger partial charge in [0.2, 0.25) is 0 Å². The third kappa shape index (κ3) is 6.20. The van der Waals surface area contributed by atoms with E-state index in [0.717, 1.165) is 51.1 Å². The average molecular weight is 508 g/mol. The first-order valence-electron chi connectivity index (χ1n) is 9.40. The number of halogens is 2. The van der Waals surface area contributed by atoms with Crippen LogP contribution in [0.4, 0.5) is 4.39 Å². The number of nitrogens with one attached hydrogen (secondary N) is 2. The normalized spacial score (nSPS) is 23.7. The summed E-state index contributed by atoms with van der Waals surface area (Å²) < 4.78 is 19.4. The van der Waals surface area contributed by atoms with Crippen molar-refractivity contribution in [2.75, 3.05) is 50.9 Å². The van der Waals surface area contributed by atoms with E-state index in [1.165, 1.54) is 18.2 Å². The molecule has 1 aromatic rings. The van der Waals surface area contributed by atoms with Gasteiger partial charge in [0, 0.05) is 43.0 Å². The van der Waals surface area contributed by atoms with Gasteiger partial charge in [-0.25, -0.2) is 9.38 Å². The molecule has 2 fully saturated rings. The third-order valence-electron chi connectivity index (χ3n) is 5.06. The predicted octanol–water partition coefficient (Wildman–Crippen LogP) is 2.71. The van der Waals surface area contributed by atoms with Crippen LogP contribution in [0.25, 0.3) is 0 Å². The standard InChI is InChI=1S/C19H29FN4OS.HI/c1-2-21-18(22-13-16-5-3-4-6-17(16)20)23-14-19(7-12-26-15-19)24-8-10-25-11-9-24;/h3-6H,2,7-15H2,1H3,(H2,21,22,23);1H. The Hall–Kier alpha value is -0.580. The molecule has 0 amide bonds. The van der Waals surface area contributed by atoms with Gasteiger partial charge in [-0.05, 0) is 25.2 Å². The number of ether oxygens (including phenoxy) is 1. The quantitative estimate of drug-likeness (QED) is 0.352. The lowest BCUT2D eigenvalue weighted by molar-refractivity contribution is -0.0120. The van der Waals surface area contributed by atoms with Gasteiger partial charge in [0.15, 0.2) is 5.96 Å². The number of hydrogen-bond acceptors (Lipinski definition) is 4.